The smallest absolute Gasteiger partial charge is 0.0471 e. The molecule has 2 heteroatoms. The monoisotopic (exact) mass is 318 g/mol. The van der Waals surface area contributed by atoms with Crippen LogP contribution in [0, 0.1) is 10.5 Å². The molecule has 0 aliphatic carbocycles. The number of hydrogen-bond acceptors (Lipinski definition) is 1. The first-order valence-electron chi connectivity index (χ1n) is 5.27. The maximum absolute atomic E-state index is 8.96. The summed E-state index contributed by atoms with van der Waals surface area (Å²) in [6, 6.07) is 4.34. The van der Waals surface area contributed by atoms with Crippen molar-refractivity contribution in [2.24, 2.45) is 0 Å². The molecule has 0 unspecified atom stereocenters. The molecule has 0 saturated carbocycles. The van der Waals surface area contributed by atoms with Gasteiger partial charge in [0.1, 0.15) is 0 Å². The predicted molar refractivity (Wildman–Crippen MR) is 73.4 cm³/mol. The van der Waals surface area contributed by atoms with Crippen LogP contribution in [0.4, 0.5) is 0 Å². The third-order valence-corrected chi connectivity index (χ3v) is 4.08. The summed E-state index contributed by atoms with van der Waals surface area (Å²) in [5.41, 5.74) is 4.16. The van der Waals surface area contributed by atoms with Crippen LogP contribution in [0.1, 0.15) is 37.5 Å². The van der Waals surface area contributed by atoms with Gasteiger partial charge in [0.2, 0.25) is 0 Å². The van der Waals surface area contributed by atoms with E-state index in [2.05, 4.69) is 62.4 Å². The second-order valence-electron chi connectivity index (χ2n) is 4.93. The molecule has 1 aromatic rings. The van der Waals surface area contributed by atoms with Crippen LogP contribution >= 0.6 is 22.6 Å². The molecule has 0 heterocycles. The highest BCUT2D eigenvalue weighted by Crippen LogP contribution is 2.30. The second-order valence-corrected chi connectivity index (χ2v) is 6.01. The molecule has 1 nitrogen and oxygen atoms in total. The minimum Gasteiger partial charge on any atom is -0.396 e. The van der Waals surface area contributed by atoms with Gasteiger partial charge in [0, 0.05) is 10.2 Å². The Labute approximate surface area is 106 Å². The molecule has 0 amide bonds. The van der Waals surface area contributed by atoms with Crippen LogP contribution in [0.3, 0.4) is 0 Å². The fraction of sp³-hybridized carbons (Fsp3) is 0.538. The van der Waals surface area contributed by atoms with E-state index in [4.69, 9.17) is 5.11 Å². The number of benzene rings is 1. The van der Waals surface area contributed by atoms with Gasteiger partial charge >= 0.3 is 0 Å². The molecule has 0 atom stereocenters. The molecule has 0 fully saturated rings. The number of halogens is 1. The zero-order valence-corrected chi connectivity index (χ0v) is 12.1. The van der Waals surface area contributed by atoms with Crippen molar-refractivity contribution in [2.45, 2.75) is 39.5 Å². The number of aliphatic hydroxyl groups excluding tert-OH is 1. The molecule has 1 rings (SSSR count). The van der Waals surface area contributed by atoms with E-state index in [0.29, 0.717) is 0 Å². The van der Waals surface area contributed by atoms with E-state index >= 15 is 0 Å². The lowest BCUT2D eigenvalue weighted by atomic mass is 9.85. The van der Waals surface area contributed by atoms with Gasteiger partial charge in [-0.05, 0) is 58.0 Å². The van der Waals surface area contributed by atoms with Crippen LogP contribution in [0.15, 0.2) is 12.1 Å². The maximum Gasteiger partial charge on any atom is 0.0471 e. The molecular formula is C13H19IO. The zero-order valence-electron chi connectivity index (χ0n) is 9.89. The van der Waals surface area contributed by atoms with Crippen molar-refractivity contribution in [1.29, 1.82) is 0 Å². The van der Waals surface area contributed by atoms with Crippen molar-refractivity contribution in [3.63, 3.8) is 0 Å². The van der Waals surface area contributed by atoms with Crippen molar-refractivity contribution in [2.75, 3.05) is 6.61 Å². The summed E-state index contributed by atoms with van der Waals surface area (Å²) in [4.78, 5) is 0. The number of aliphatic hydroxyl groups is 1. The average Bonchev–Trinajstić information content (AvgIpc) is 2.11. The van der Waals surface area contributed by atoms with Gasteiger partial charge in [-0.3, -0.25) is 0 Å². The zero-order chi connectivity index (χ0) is 11.6. The number of rotatable bonds is 2. The van der Waals surface area contributed by atoms with Crippen molar-refractivity contribution < 1.29 is 5.11 Å². The Morgan fingerprint density at radius 2 is 1.87 bits per heavy atom. The Bertz CT molecular complexity index is 350. The summed E-state index contributed by atoms with van der Waals surface area (Å²) in [5, 5.41) is 8.96. The lowest BCUT2D eigenvalue weighted by Gasteiger charge is -2.23. The van der Waals surface area contributed by atoms with E-state index in [9.17, 15) is 0 Å². The molecule has 0 bridgehead atoms. The van der Waals surface area contributed by atoms with Gasteiger partial charge in [-0.1, -0.05) is 32.9 Å². The minimum atomic E-state index is 0.193. The first-order valence-corrected chi connectivity index (χ1v) is 6.35. The van der Waals surface area contributed by atoms with Crippen LogP contribution in [0.2, 0.25) is 0 Å². The van der Waals surface area contributed by atoms with Crippen LogP contribution in [-0.4, -0.2) is 11.7 Å². The van der Waals surface area contributed by atoms with E-state index in [-0.39, 0.29) is 12.0 Å². The highest BCUT2D eigenvalue weighted by atomic mass is 127. The quantitative estimate of drug-likeness (QED) is 0.828. The van der Waals surface area contributed by atoms with Gasteiger partial charge in [-0.25, -0.2) is 0 Å². The Morgan fingerprint density at radius 1 is 1.27 bits per heavy atom. The van der Waals surface area contributed by atoms with Gasteiger partial charge < -0.3 is 5.11 Å². The molecular weight excluding hydrogens is 299 g/mol. The van der Waals surface area contributed by atoms with Crippen molar-refractivity contribution in [1.82, 2.24) is 0 Å². The van der Waals surface area contributed by atoms with E-state index in [0.717, 1.165) is 6.42 Å². The first kappa shape index (κ1) is 13.0. The Kier molecular flexibility index (Phi) is 4.18. The Morgan fingerprint density at radius 3 is 2.33 bits per heavy atom. The van der Waals surface area contributed by atoms with Crippen molar-refractivity contribution in [3.8, 4) is 0 Å². The Hall–Kier alpha value is -0.0900. The molecule has 84 valence electrons. The molecule has 0 saturated heterocycles. The van der Waals surface area contributed by atoms with Crippen molar-refractivity contribution in [3.05, 3.63) is 32.4 Å². The minimum absolute atomic E-state index is 0.193. The summed E-state index contributed by atoms with van der Waals surface area (Å²) < 4.78 is 1.34. The van der Waals surface area contributed by atoms with E-state index in [1.807, 2.05) is 0 Å². The molecule has 1 N–H and O–H groups in total. The van der Waals surface area contributed by atoms with Crippen LogP contribution < -0.4 is 0 Å². The Balaban J connectivity index is 3.21. The lowest BCUT2D eigenvalue weighted by Crippen LogP contribution is -2.14. The van der Waals surface area contributed by atoms with Gasteiger partial charge in [0.05, 0.1) is 0 Å². The summed E-state index contributed by atoms with van der Waals surface area (Å²) >= 11 is 2.41. The third kappa shape index (κ3) is 2.94. The standard InChI is InChI=1S/C13H19IO/c1-9-10(7-8-15)5-6-11(12(9)14)13(2,3)4/h5-6,15H,7-8H2,1-4H3. The summed E-state index contributed by atoms with van der Waals surface area (Å²) in [7, 11) is 0. The van der Waals surface area contributed by atoms with Gasteiger partial charge in [0.25, 0.3) is 0 Å². The van der Waals surface area contributed by atoms with Gasteiger partial charge in [-0.2, -0.15) is 0 Å². The normalized spacial score (nSPS) is 11.9. The fourth-order valence-electron chi connectivity index (χ4n) is 1.70. The van der Waals surface area contributed by atoms with Crippen molar-refractivity contribution >= 4 is 22.6 Å². The SMILES string of the molecule is Cc1c(CCO)ccc(C(C)(C)C)c1I. The molecule has 0 aromatic heterocycles. The topological polar surface area (TPSA) is 20.2 Å². The first-order chi connectivity index (χ1) is 6.88. The van der Waals surface area contributed by atoms with Crippen LogP contribution in [0.25, 0.3) is 0 Å². The van der Waals surface area contributed by atoms with Gasteiger partial charge in [0.15, 0.2) is 0 Å². The summed E-state index contributed by atoms with van der Waals surface area (Å²) in [5.74, 6) is 0. The third-order valence-electron chi connectivity index (χ3n) is 2.69. The average molecular weight is 318 g/mol. The molecule has 1 aromatic carbocycles. The molecule has 0 spiro atoms. The van der Waals surface area contributed by atoms with Gasteiger partial charge in [-0.15, -0.1) is 0 Å². The maximum atomic E-state index is 8.96. The second kappa shape index (κ2) is 4.83. The van der Waals surface area contributed by atoms with Crippen LogP contribution in [0.5, 0.6) is 0 Å². The highest BCUT2D eigenvalue weighted by molar-refractivity contribution is 14.1. The summed E-state index contributed by atoms with van der Waals surface area (Å²) in [6.07, 6.45) is 0.756. The van der Waals surface area contributed by atoms with E-state index in [1.165, 1.54) is 20.3 Å². The van der Waals surface area contributed by atoms with E-state index < -0.39 is 0 Å². The largest absolute Gasteiger partial charge is 0.396 e. The fourth-order valence-corrected chi connectivity index (χ4v) is 3.03. The summed E-state index contributed by atoms with van der Waals surface area (Å²) in [6.45, 7) is 9.06. The molecule has 15 heavy (non-hydrogen) atoms. The predicted octanol–water partition coefficient (Wildman–Crippen LogP) is 3.43. The lowest BCUT2D eigenvalue weighted by molar-refractivity contribution is 0.299. The highest BCUT2D eigenvalue weighted by Gasteiger charge is 2.18. The number of hydrogen-bond donors (Lipinski definition) is 1. The van der Waals surface area contributed by atoms with E-state index in [1.54, 1.807) is 0 Å². The molecule has 0 radical (unpaired) electrons. The van der Waals surface area contributed by atoms with Crippen LogP contribution in [-0.2, 0) is 11.8 Å². The molecule has 0 aliphatic rings. The molecule has 0 aliphatic heterocycles.